The normalized spacial score (nSPS) is 11.2. The maximum atomic E-state index is 12.6. The largest absolute Gasteiger partial charge is 0.326 e. The zero-order chi connectivity index (χ0) is 19.2. The lowest BCUT2D eigenvalue weighted by molar-refractivity contribution is -0.116. The van der Waals surface area contributed by atoms with Gasteiger partial charge in [0.15, 0.2) is 0 Å². The molecule has 2 aromatic carbocycles. The molecule has 2 amide bonds. The first-order chi connectivity index (χ1) is 12.3. The second-order valence-corrected chi connectivity index (χ2v) is 7.49. The maximum absolute atomic E-state index is 12.6. The predicted octanol–water partition coefficient (Wildman–Crippen LogP) is 2.29. The fraction of sp³-hybridized carbons (Fsp3) is 0.222. The van der Waals surface area contributed by atoms with Gasteiger partial charge in [0.1, 0.15) is 0 Å². The van der Waals surface area contributed by atoms with Crippen LogP contribution in [0.25, 0.3) is 0 Å². The molecule has 0 bridgehead atoms. The number of carbonyl (C=O) groups excluding carboxylic acids is 2. The van der Waals surface area contributed by atoms with Crippen molar-refractivity contribution in [1.82, 2.24) is 4.31 Å². The van der Waals surface area contributed by atoms with Gasteiger partial charge < -0.3 is 10.6 Å². The van der Waals surface area contributed by atoms with Crippen molar-refractivity contribution in [2.24, 2.45) is 0 Å². The van der Waals surface area contributed by atoms with Crippen LogP contribution in [0.4, 0.5) is 11.4 Å². The molecule has 0 aliphatic heterocycles. The minimum Gasteiger partial charge on any atom is -0.326 e. The first kappa shape index (κ1) is 19.6. The van der Waals surface area contributed by atoms with E-state index < -0.39 is 15.9 Å². The van der Waals surface area contributed by atoms with Gasteiger partial charge in [-0.15, -0.1) is 0 Å². The molecule has 0 heterocycles. The Balaban J connectivity index is 2.09. The number of carbonyl (C=O) groups is 2. The van der Waals surface area contributed by atoms with Crippen LogP contribution in [0.5, 0.6) is 0 Å². The van der Waals surface area contributed by atoms with Crippen LogP contribution in [0.1, 0.15) is 13.8 Å². The Bertz CT molecular complexity index is 882. The van der Waals surface area contributed by atoms with Crippen molar-refractivity contribution in [3.63, 3.8) is 0 Å². The van der Waals surface area contributed by atoms with Crippen LogP contribution in [0.15, 0.2) is 59.5 Å². The number of anilines is 2. The monoisotopic (exact) mass is 375 g/mol. The fourth-order valence-electron chi connectivity index (χ4n) is 2.35. The number of rotatable bonds is 7. The highest BCUT2D eigenvalue weighted by Gasteiger charge is 2.25. The molecule has 2 rings (SSSR count). The molecule has 0 aromatic heterocycles. The van der Waals surface area contributed by atoms with E-state index in [4.69, 9.17) is 0 Å². The van der Waals surface area contributed by atoms with Gasteiger partial charge in [-0.1, -0.05) is 31.2 Å². The van der Waals surface area contributed by atoms with Crippen LogP contribution >= 0.6 is 0 Å². The Kier molecular flexibility index (Phi) is 6.48. The highest BCUT2D eigenvalue weighted by atomic mass is 32.2. The Labute approximate surface area is 153 Å². The van der Waals surface area contributed by atoms with Gasteiger partial charge in [0.25, 0.3) is 0 Å². The minimum atomic E-state index is -3.75. The van der Waals surface area contributed by atoms with Gasteiger partial charge in [-0.2, -0.15) is 4.31 Å². The average molecular weight is 375 g/mol. The number of nitrogens with zero attached hydrogens (tertiary/aromatic N) is 1. The number of likely N-dealkylation sites (N-methyl/N-ethyl adjacent to an activating group) is 1. The van der Waals surface area contributed by atoms with Crippen molar-refractivity contribution < 1.29 is 18.0 Å². The zero-order valence-electron chi connectivity index (χ0n) is 14.6. The number of amides is 2. The summed E-state index contributed by atoms with van der Waals surface area (Å²) in [5.41, 5.74) is 1.01. The second kappa shape index (κ2) is 8.59. The number of hydrogen-bond donors (Lipinski definition) is 2. The lowest BCUT2D eigenvalue weighted by Gasteiger charge is -2.20. The molecule has 0 fully saturated rings. The topological polar surface area (TPSA) is 95.6 Å². The lowest BCUT2D eigenvalue weighted by Crippen LogP contribution is -2.37. The molecule has 26 heavy (non-hydrogen) atoms. The van der Waals surface area contributed by atoms with E-state index in [0.29, 0.717) is 11.4 Å². The van der Waals surface area contributed by atoms with E-state index in [0.717, 1.165) is 4.31 Å². The van der Waals surface area contributed by atoms with E-state index in [9.17, 15) is 18.0 Å². The Morgan fingerprint density at radius 2 is 1.58 bits per heavy atom. The van der Waals surface area contributed by atoms with Crippen molar-refractivity contribution >= 4 is 33.2 Å². The summed E-state index contributed by atoms with van der Waals surface area (Å²) in [4.78, 5) is 23.5. The van der Waals surface area contributed by atoms with Gasteiger partial charge in [0.05, 0.1) is 11.4 Å². The minimum absolute atomic E-state index is 0.141. The van der Waals surface area contributed by atoms with Crippen molar-refractivity contribution in [1.29, 1.82) is 0 Å². The summed E-state index contributed by atoms with van der Waals surface area (Å²) in [6.07, 6.45) is 0. The van der Waals surface area contributed by atoms with E-state index in [1.54, 1.807) is 49.4 Å². The van der Waals surface area contributed by atoms with Gasteiger partial charge in [-0.3, -0.25) is 9.59 Å². The molecule has 8 heteroatoms. The predicted molar refractivity (Wildman–Crippen MR) is 100 cm³/mol. The molecule has 7 nitrogen and oxygen atoms in total. The number of benzene rings is 2. The highest BCUT2D eigenvalue weighted by molar-refractivity contribution is 7.89. The summed E-state index contributed by atoms with van der Waals surface area (Å²) < 4.78 is 26.4. The van der Waals surface area contributed by atoms with Gasteiger partial charge >= 0.3 is 0 Å². The van der Waals surface area contributed by atoms with Gasteiger partial charge in [0, 0.05) is 24.8 Å². The second-order valence-electron chi connectivity index (χ2n) is 5.55. The van der Waals surface area contributed by atoms with E-state index >= 15 is 0 Å². The summed E-state index contributed by atoms with van der Waals surface area (Å²) in [7, 11) is -3.75. The molecule has 0 aliphatic carbocycles. The fourth-order valence-corrected chi connectivity index (χ4v) is 3.77. The van der Waals surface area contributed by atoms with Crippen LogP contribution < -0.4 is 10.6 Å². The standard InChI is InChI=1S/C18H21N3O4S/c1-3-21(26(24,25)17-10-5-4-6-11-17)13-18(23)20-16-9-7-8-15(12-16)19-14(2)22/h4-12H,3,13H2,1-2H3,(H,19,22)(H,20,23). The summed E-state index contributed by atoms with van der Waals surface area (Å²) in [5, 5.41) is 5.27. The maximum Gasteiger partial charge on any atom is 0.243 e. The molecular formula is C18H21N3O4S. The zero-order valence-corrected chi connectivity index (χ0v) is 15.4. The van der Waals surface area contributed by atoms with Crippen LogP contribution in [-0.2, 0) is 19.6 Å². The molecule has 2 aromatic rings. The molecule has 0 aliphatic rings. The van der Waals surface area contributed by atoms with Crippen LogP contribution in [0.3, 0.4) is 0 Å². The van der Waals surface area contributed by atoms with E-state index in [2.05, 4.69) is 10.6 Å². The van der Waals surface area contributed by atoms with Crippen molar-refractivity contribution in [2.45, 2.75) is 18.7 Å². The summed E-state index contributed by atoms with van der Waals surface area (Å²) in [5.74, 6) is -0.689. The summed E-state index contributed by atoms with van der Waals surface area (Å²) >= 11 is 0. The first-order valence-electron chi connectivity index (χ1n) is 8.05. The molecule has 0 saturated heterocycles. The van der Waals surface area contributed by atoms with Gasteiger partial charge in [-0.25, -0.2) is 8.42 Å². The number of nitrogens with one attached hydrogen (secondary N) is 2. The molecule has 2 N–H and O–H groups in total. The van der Waals surface area contributed by atoms with Gasteiger partial charge in [-0.05, 0) is 30.3 Å². The molecule has 0 saturated carbocycles. The Hall–Kier alpha value is -2.71. The molecule has 0 radical (unpaired) electrons. The Morgan fingerprint density at radius 3 is 2.15 bits per heavy atom. The summed E-state index contributed by atoms with van der Waals surface area (Å²) in [6, 6.07) is 14.6. The third-order valence-electron chi connectivity index (χ3n) is 3.52. The smallest absolute Gasteiger partial charge is 0.243 e. The lowest BCUT2D eigenvalue weighted by atomic mass is 10.2. The molecular weight excluding hydrogens is 354 g/mol. The van der Waals surface area contributed by atoms with E-state index in [1.165, 1.54) is 19.1 Å². The molecule has 0 atom stereocenters. The highest BCUT2D eigenvalue weighted by Crippen LogP contribution is 2.17. The quantitative estimate of drug-likeness (QED) is 0.776. The van der Waals surface area contributed by atoms with Crippen molar-refractivity contribution in [3.8, 4) is 0 Å². The third-order valence-corrected chi connectivity index (χ3v) is 5.46. The average Bonchev–Trinajstić information content (AvgIpc) is 2.60. The van der Waals surface area contributed by atoms with Crippen molar-refractivity contribution in [3.05, 3.63) is 54.6 Å². The van der Waals surface area contributed by atoms with Crippen LogP contribution in [0.2, 0.25) is 0 Å². The molecule has 0 unspecified atom stereocenters. The van der Waals surface area contributed by atoms with Crippen LogP contribution in [-0.4, -0.2) is 37.6 Å². The summed E-state index contributed by atoms with van der Waals surface area (Å²) in [6.45, 7) is 2.92. The van der Waals surface area contributed by atoms with Crippen molar-refractivity contribution in [2.75, 3.05) is 23.7 Å². The third kappa shape index (κ3) is 5.14. The Morgan fingerprint density at radius 1 is 0.962 bits per heavy atom. The number of hydrogen-bond acceptors (Lipinski definition) is 4. The van der Waals surface area contributed by atoms with E-state index in [1.807, 2.05) is 0 Å². The number of sulfonamides is 1. The SMILES string of the molecule is CCN(CC(=O)Nc1cccc(NC(C)=O)c1)S(=O)(=O)c1ccccc1. The van der Waals surface area contributed by atoms with Gasteiger partial charge in [0.2, 0.25) is 21.8 Å². The van der Waals surface area contributed by atoms with E-state index in [-0.39, 0.29) is 23.9 Å². The first-order valence-corrected chi connectivity index (χ1v) is 9.49. The molecule has 138 valence electrons. The molecule has 0 spiro atoms. The van der Waals surface area contributed by atoms with Crippen LogP contribution in [0, 0.1) is 0 Å².